The summed E-state index contributed by atoms with van der Waals surface area (Å²) in [7, 11) is 0. The summed E-state index contributed by atoms with van der Waals surface area (Å²) in [6.45, 7) is 2.05. The van der Waals surface area contributed by atoms with Crippen molar-refractivity contribution in [2.24, 2.45) is 0 Å². The number of alkyl halides is 5. The average molecular weight is 475 g/mol. The van der Waals surface area contributed by atoms with E-state index in [1.807, 2.05) is 5.32 Å². The van der Waals surface area contributed by atoms with Gasteiger partial charge in [0.1, 0.15) is 12.4 Å². The molecular formula is C22H19F6NO4. The molecule has 1 aliphatic heterocycles. The predicted octanol–water partition coefficient (Wildman–Crippen LogP) is 5.03. The molecule has 1 aliphatic rings. The second-order valence-corrected chi connectivity index (χ2v) is 8.35. The zero-order valence-corrected chi connectivity index (χ0v) is 17.4. The van der Waals surface area contributed by atoms with Gasteiger partial charge in [-0.3, -0.25) is 4.79 Å². The van der Waals surface area contributed by atoms with E-state index in [1.165, 1.54) is 12.1 Å². The van der Waals surface area contributed by atoms with E-state index in [2.05, 4.69) is 0 Å². The largest absolute Gasteiger partial charge is 0.457 e. The van der Waals surface area contributed by atoms with Crippen molar-refractivity contribution in [3.8, 4) is 0 Å². The number of carbonyl (C=O) groups is 2. The van der Waals surface area contributed by atoms with Crippen LogP contribution in [-0.2, 0) is 21.6 Å². The highest BCUT2D eigenvalue weighted by atomic mass is 19.4. The highest BCUT2D eigenvalue weighted by Gasteiger charge is 2.61. The Bertz CT molecular complexity index is 1100. The van der Waals surface area contributed by atoms with Crippen LogP contribution in [0.2, 0.25) is 0 Å². The molecule has 178 valence electrons. The third kappa shape index (κ3) is 4.68. The molecule has 0 bridgehead atoms. The lowest BCUT2D eigenvalue weighted by atomic mass is 9.73. The predicted molar refractivity (Wildman–Crippen MR) is 104 cm³/mol. The number of cyclic esters (lactones) is 1. The summed E-state index contributed by atoms with van der Waals surface area (Å²) in [4.78, 5) is 24.1. The van der Waals surface area contributed by atoms with Crippen molar-refractivity contribution >= 4 is 17.6 Å². The lowest BCUT2D eigenvalue weighted by molar-refractivity contribution is -0.254. The first-order valence-electron chi connectivity index (χ1n) is 9.64. The zero-order valence-electron chi connectivity index (χ0n) is 17.4. The molecule has 1 unspecified atom stereocenters. The molecule has 0 fully saturated rings. The number of amides is 1. The summed E-state index contributed by atoms with van der Waals surface area (Å²) in [5.74, 6) is -3.44. The topological polar surface area (TPSA) is 75.6 Å². The first-order chi connectivity index (χ1) is 15.2. The molecule has 5 nitrogen and oxygen atoms in total. The fourth-order valence-electron chi connectivity index (χ4n) is 3.79. The highest BCUT2D eigenvalue weighted by Crippen LogP contribution is 2.44. The van der Waals surface area contributed by atoms with Gasteiger partial charge >= 0.3 is 12.1 Å². The Labute approximate surface area is 184 Å². The van der Waals surface area contributed by atoms with Crippen LogP contribution in [0, 0.1) is 5.82 Å². The Morgan fingerprint density at radius 2 is 1.82 bits per heavy atom. The monoisotopic (exact) mass is 475 g/mol. The molecule has 11 heteroatoms. The number of halogens is 6. The summed E-state index contributed by atoms with van der Waals surface area (Å²) in [6.07, 6.45) is -9.99. The van der Waals surface area contributed by atoms with E-state index in [4.69, 9.17) is 4.74 Å². The van der Waals surface area contributed by atoms with Crippen LogP contribution in [0.4, 0.5) is 32.0 Å². The molecule has 2 aromatic carbocycles. The van der Waals surface area contributed by atoms with Gasteiger partial charge in [0, 0.05) is 23.2 Å². The molecular weight excluding hydrogens is 456 g/mol. The van der Waals surface area contributed by atoms with Crippen molar-refractivity contribution < 1.29 is 45.8 Å². The van der Waals surface area contributed by atoms with E-state index in [1.54, 1.807) is 0 Å². The van der Waals surface area contributed by atoms with Crippen molar-refractivity contribution in [2.45, 2.75) is 50.5 Å². The lowest BCUT2D eigenvalue weighted by Crippen LogP contribution is -2.57. The first-order valence-corrected chi connectivity index (χ1v) is 9.64. The van der Waals surface area contributed by atoms with Crippen molar-refractivity contribution in [3.05, 3.63) is 64.5 Å². The molecule has 1 atom stereocenters. The maximum absolute atomic E-state index is 13.9. The fourth-order valence-corrected chi connectivity index (χ4v) is 3.79. The van der Waals surface area contributed by atoms with Crippen molar-refractivity contribution in [3.63, 3.8) is 0 Å². The maximum atomic E-state index is 13.9. The molecule has 0 saturated carbocycles. The second kappa shape index (κ2) is 8.36. The molecule has 0 radical (unpaired) electrons. The van der Waals surface area contributed by atoms with Gasteiger partial charge in [0.05, 0.1) is 5.56 Å². The fraction of sp³-hybridized carbons (Fsp3) is 0.364. The van der Waals surface area contributed by atoms with Crippen LogP contribution < -0.4 is 5.32 Å². The number of aliphatic hydroxyl groups is 1. The second-order valence-electron chi connectivity index (χ2n) is 8.35. The minimum absolute atomic E-state index is 0.135. The number of hydrogen-bond donors (Lipinski definition) is 2. The number of rotatable bonds is 6. The standard InChI is InChI=1S/C22H19F6NO4/c1-20(2,16-8-12(23)3-5-15(16)17(24)25)10-21(32,22(26,27)28)19(31)29-13-4-6-14-11(7-13)9-33-18(14)30/h3-8,17,32H,9-10H2,1-2H3,(H,29,31). The maximum Gasteiger partial charge on any atom is 0.426 e. The smallest absolute Gasteiger partial charge is 0.426 e. The van der Waals surface area contributed by atoms with Gasteiger partial charge in [-0.1, -0.05) is 19.9 Å². The molecule has 0 spiro atoms. The third-order valence-corrected chi connectivity index (χ3v) is 5.46. The summed E-state index contributed by atoms with van der Waals surface area (Å²) >= 11 is 0. The van der Waals surface area contributed by atoms with Gasteiger partial charge in [-0.25, -0.2) is 18.0 Å². The lowest BCUT2D eigenvalue weighted by Gasteiger charge is -2.37. The minimum Gasteiger partial charge on any atom is -0.457 e. The van der Waals surface area contributed by atoms with Crippen LogP contribution in [0.5, 0.6) is 0 Å². The number of ether oxygens (including phenoxy) is 1. The molecule has 2 aromatic rings. The number of esters is 1. The van der Waals surface area contributed by atoms with Gasteiger partial charge < -0.3 is 15.2 Å². The average Bonchev–Trinajstić information content (AvgIpc) is 3.06. The SMILES string of the molecule is CC(C)(CC(O)(C(=O)Nc1ccc2c(c1)COC2=O)C(F)(F)F)c1cc(F)ccc1C(F)F. The number of carbonyl (C=O) groups excluding carboxylic acids is 2. The minimum atomic E-state index is -5.50. The number of anilines is 1. The highest BCUT2D eigenvalue weighted by molar-refractivity contribution is 5.99. The Hall–Kier alpha value is -3.08. The van der Waals surface area contributed by atoms with Crippen molar-refractivity contribution in [1.82, 2.24) is 0 Å². The van der Waals surface area contributed by atoms with Gasteiger partial charge in [0.15, 0.2) is 0 Å². The summed E-state index contributed by atoms with van der Waals surface area (Å²) in [5.41, 5.74) is -6.71. The van der Waals surface area contributed by atoms with Gasteiger partial charge in [-0.05, 0) is 41.3 Å². The third-order valence-electron chi connectivity index (χ3n) is 5.46. The molecule has 1 amide bonds. The van der Waals surface area contributed by atoms with Crippen LogP contribution in [-0.4, -0.2) is 28.8 Å². The molecule has 33 heavy (non-hydrogen) atoms. The first kappa shape index (κ1) is 24.6. The van der Waals surface area contributed by atoms with Crippen LogP contribution in [0.1, 0.15) is 53.7 Å². The molecule has 0 aliphatic carbocycles. The Kier molecular flexibility index (Phi) is 6.22. The Balaban J connectivity index is 1.96. The van der Waals surface area contributed by atoms with Crippen LogP contribution in [0.15, 0.2) is 36.4 Å². The normalized spacial score (nSPS) is 15.8. The van der Waals surface area contributed by atoms with Crippen LogP contribution in [0.25, 0.3) is 0 Å². The van der Waals surface area contributed by atoms with E-state index < -0.39 is 58.9 Å². The number of fused-ring (bicyclic) bond motifs is 1. The van der Waals surface area contributed by atoms with E-state index in [0.717, 1.165) is 32.0 Å². The van der Waals surface area contributed by atoms with Crippen molar-refractivity contribution in [2.75, 3.05) is 5.32 Å². The Morgan fingerprint density at radius 3 is 2.42 bits per heavy atom. The number of nitrogens with one attached hydrogen (secondary N) is 1. The van der Waals surface area contributed by atoms with E-state index >= 15 is 0 Å². The molecule has 2 N–H and O–H groups in total. The van der Waals surface area contributed by atoms with E-state index in [9.17, 15) is 41.0 Å². The molecule has 3 rings (SSSR count). The Morgan fingerprint density at radius 1 is 1.15 bits per heavy atom. The quantitative estimate of drug-likeness (QED) is 0.454. The van der Waals surface area contributed by atoms with Gasteiger partial charge in [0.25, 0.3) is 12.3 Å². The summed E-state index contributed by atoms with van der Waals surface area (Å²) in [6, 6.07) is 5.78. The molecule has 0 saturated heterocycles. The molecule has 1 heterocycles. The number of hydrogen-bond acceptors (Lipinski definition) is 4. The zero-order chi connectivity index (χ0) is 24.8. The van der Waals surface area contributed by atoms with E-state index in [0.29, 0.717) is 11.6 Å². The van der Waals surface area contributed by atoms with Gasteiger partial charge in [-0.15, -0.1) is 0 Å². The molecule has 0 aromatic heterocycles. The van der Waals surface area contributed by atoms with Gasteiger partial charge in [-0.2, -0.15) is 13.2 Å². The summed E-state index contributed by atoms with van der Waals surface area (Å²) < 4.78 is 87.1. The number of benzene rings is 2. The van der Waals surface area contributed by atoms with Crippen LogP contribution >= 0.6 is 0 Å². The van der Waals surface area contributed by atoms with Gasteiger partial charge in [0.2, 0.25) is 5.60 Å². The summed E-state index contributed by atoms with van der Waals surface area (Å²) in [5, 5.41) is 12.5. The van der Waals surface area contributed by atoms with Crippen LogP contribution in [0.3, 0.4) is 0 Å². The van der Waals surface area contributed by atoms with E-state index in [-0.39, 0.29) is 17.9 Å². The van der Waals surface area contributed by atoms with Crippen molar-refractivity contribution in [1.29, 1.82) is 0 Å².